The van der Waals surface area contributed by atoms with E-state index in [1.165, 1.54) is 30.5 Å². The van der Waals surface area contributed by atoms with E-state index in [9.17, 15) is 22.4 Å². The average molecular weight is 597 g/mol. The van der Waals surface area contributed by atoms with Crippen molar-refractivity contribution in [3.05, 3.63) is 104 Å². The zero-order valence-electron chi connectivity index (χ0n) is 19.7. The van der Waals surface area contributed by atoms with Crippen LogP contribution in [0.3, 0.4) is 0 Å². The molecule has 1 aromatic heterocycles. The number of ether oxygens (including phenoxy) is 1. The van der Waals surface area contributed by atoms with Crippen LogP contribution < -0.4 is 15.5 Å². The molecule has 4 aromatic rings. The number of carbonyl (C=O) groups excluding carboxylic acids is 1. The van der Waals surface area contributed by atoms with E-state index in [-0.39, 0.29) is 40.3 Å². The van der Waals surface area contributed by atoms with Crippen molar-refractivity contribution in [3.8, 4) is 5.75 Å². The number of amides is 1. The molecule has 0 aliphatic carbocycles. The van der Waals surface area contributed by atoms with Gasteiger partial charge in [0.1, 0.15) is 12.4 Å². The van der Waals surface area contributed by atoms with Gasteiger partial charge in [-0.3, -0.25) is 4.79 Å². The van der Waals surface area contributed by atoms with Crippen LogP contribution in [0.5, 0.6) is 5.75 Å². The maximum Gasteiger partial charge on any atom is 0.416 e. The third-order valence-corrected chi connectivity index (χ3v) is 6.42. The van der Waals surface area contributed by atoms with Crippen LogP contribution >= 0.6 is 34.5 Å². The summed E-state index contributed by atoms with van der Waals surface area (Å²) in [6.07, 6.45) is -3.21. The van der Waals surface area contributed by atoms with Crippen molar-refractivity contribution in [2.45, 2.75) is 19.2 Å². The van der Waals surface area contributed by atoms with Gasteiger partial charge in [-0.2, -0.15) is 18.3 Å². The van der Waals surface area contributed by atoms with Crippen LogP contribution in [0.1, 0.15) is 22.4 Å². The van der Waals surface area contributed by atoms with Crippen LogP contribution in [0.4, 0.5) is 28.4 Å². The SMILES string of the molecule is O=C(Cc1csc(Nc2cccc(C(F)(F)F)c2)n1)N/N=C\c1cc(Cl)c(OCc2ccc(F)cc2)c(Cl)c1. The fourth-order valence-electron chi connectivity index (χ4n) is 3.25. The first kappa shape index (κ1) is 28.3. The molecule has 0 spiro atoms. The summed E-state index contributed by atoms with van der Waals surface area (Å²) in [6, 6.07) is 13.6. The van der Waals surface area contributed by atoms with Gasteiger partial charge in [-0.25, -0.2) is 14.8 Å². The van der Waals surface area contributed by atoms with Gasteiger partial charge in [-0.05, 0) is 53.6 Å². The van der Waals surface area contributed by atoms with Crippen molar-refractivity contribution in [1.29, 1.82) is 0 Å². The van der Waals surface area contributed by atoms with Crippen molar-refractivity contribution in [1.82, 2.24) is 10.4 Å². The standard InChI is InChI=1S/C26H18Cl2F4N4O2S/c27-21-8-16(9-22(28)24(21)38-13-15-4-6-18(29)7-5-15)12-33-36-23(37)11-20-14-39-25(35-20)34-19-3-1-2-17(10-19)26(30,31)32/h1-10,12,14H,11,13H2,(H,34,35)(H,36,37)/b33-12-. The molecule has 4 rings (SSSR count). The van der Waals surface area contributed by atoms with Crippen molar-refractivity contribution in [2.24, 2.45) is 5.10 Å². The van der Waals surface area contributed by atoms with E-state index >= 15 is 0 Å². The van der Waals surface area contributed by atoms with Gasteiger partial charge in [0.2, 0.25) is 5.91 Å². The van der Waals surface area contributed by atoms with E-state index in [4.69, 9.17) is 27.9 Å². The number of rotatable bonds is 9. The largest absolute Gasteiger partial charge is 0.486 e. The van der Waals surface area contributed by atoms with Crippen molar-refractivity contribution < 1.29 is 27.1 Å². The van der Waals surface area contributed by atoms with Crippen molar-refractivity contribution >= 4 is 57.5 Å². The summed E-state index contributed by atoms with van der Waals surface area (Å²) in [5, 5.41) is 9.10. The van der Waals surface area contributed by atoms with Crippen LogP contribution in [0, 0.1) is 5.82 Å². The number of aromatic nitrogens is 1. The molecule has 0 aliphatic rings. The number of hydrogen-bond donors (Lipinski definition) is 2. The van der Waals surface area contributed by atoms with Crippen molar-refractivity contribution in [3.63, 3.8) is 0 Å². The third-order valence-electron chi connectivity index (χ3n) is 5.05. The number of halogens is 6. The molecule has 0 aliphatic heterocycles. The highest BCUT2D eigenvalue weighted by molar-refractivity contribution is 7.13. The van der Waals surface area contributed by atoms with E-state index in [1.807, 2.05) is 0 Å². The fraction of sp³-hybridized carbons (Fsp3) is 0.115. The lowest BCUT2D eigenvalue weighted by atomic mass is 10.2. The van der Waals surface area contributed by atoms with E-state index in [1.54, 1.807) is 29.6 Å². The molecular weight excluding hydrogens is 579 g/mol. The highest BCUT2D eigenvalue weighted by Crippen LogP contribution is 2.35. The van der Waals surface area contributed by atoms with Gasteiger partial charge in [0.05, 0.1) is 33.9 Å². The summed E-state index contributed by atoms with van der Waals surface area (Å²) < 4.78 is 57.4. The summed E-state index contributed by atoms with van der Waals surface area (Å²) in [4.78, 5) is 16.5. The molecule has 0 saturated carbocycles. The van der Waals surface area contributed by atoms with E-state index in [0.29, 0.717) is 16.4 Å². The smallest absolute Gasteiger partial charge is 0.416 e. The molecule has 6 nitrogen and oxygen atoms in total. The van der Waals surface area contributed by atoms with E-state index in [0.717, 1.165) is 29.0 Å². The predicted octanol–water partition coefficient (Wildman–Crippen LogP) is 7.62. The number of benzene rings is 3. The molecule has 0 fully saturated rings. The molecule has 0 radical (unpaired) electrons. The van der Waals surface area contributed by atoms with Crippen molar-refractivity contribution in [2.75, 3.05) is 5.32 Å². The average Bonchev–Trinajstić information content (AvgIpc) is 3.30. The second-order valence-corrected chi connectivity index (χ2v) is 9.72. The van der Waals surface area contributed by atoms with Crippen LogP contribution in [0.25, 0.3) is 0 Å². The maximum atomic E-state index is 13.0. The number of nitrogens with zero attached hydrogens (tertiary/aromatic N) is 2. The van der Waals surface area contributed by atoms with Gasteiger partial charge in [0.15, 0.2) is 10.9 Å². The molecule has 3 aromatic carbocycles. The number of thiazole rings is 1. The lowest BCUT2D eigenvalue weighted by molar-refractivity contribution is -0.137. The predicted molar refractivity (Wildman–Crippen MR) is 143 cm³/mol. The second-order valence-electron chi connectivity index (χ2n) is 8.05. The minimum absolute atomic E-state index is 0.101. The number of alkyl halides is 3. The minimum Gasteiger partial charge on any atom is -0.486 e. The maximum absolute atomic E-state index is 13.0. The highest BCUT2D eigenvalue weighted by atomic mass is 35.5. The zero-order chi connectivity index (χ0) is 28.0. The first-order valence-electron chi connectivity index (χ1n) is 11.1. The molecule has 202 valence electrons. The third kappa shape index (κ3) is 8.16. The summed E-state index contributed by atoms with van der Waals surface area (Å²) in [5.74, 6) is -0.562. The lowest BCUT2D eigenvalue weighted by Gasteiger charge is -2.11. The normalized spacial score (nSPS) is 11.5. The molecule has 2 N–H and O–H groups in total. The Morgan fingerprint density at radius 3 is 2.49 bits per heavy atom. The summed E-state index contributed by atoms with van der Waals surface area (Å²) >= 11 is 13.7. The molecule has 1 amide bonds. The molecule has 0 unspecified atom stereocenters. The van der Waals surface area contributed by atoms with Gasteiger partial charge in [-0.15, -0.1) is 11.3 Å². The van der Waals surface area contributed by atoms with Gasteiger partial charge in [0, 0.05) is 11.1 Å². The molecule has 0 saturated heterocycles. The quantitative estimate of drug-likeness (QED) is 0.118. The van der Waals surface area contributed by atoms with Gasteiger partial charge in [-0.1, -0.05) is 41.4 Å². The molecule has 0 bridgehead atoms. The zero-order valence-corrected chi connectivity index (χ0v) is 22.1. The Kier molecular flexibility index (Phi) is 9.05. The van der Waals surface area contributed by atoms with Crippen LogP contribution in [-0.4, -0.2) is 17.1 Å². The van der Waals surface area contributed by atoms with Gasteiger partial charge >= 0.3 is 6.18 Å². The monoisotopic (exact) mass is 596 g/mol. The fourth-order valence-corrected chi connectivity index (χ4v) is 4.60. The van der Waals surface area contributed by atoms with Gasteiger partial charge < -0.3 is 10.1 Å². The Balaban J connectivity index is 1.29. The minimum atomic E-state index is -4.46. The number of hydrogen-bond acceptors (Lipinski definition) is 6. The van der Waals surface area contributed by atoms with Gasteiger partial charge in [0.25, 0.3) is 0 Å². The Labute approximate surface area is 234 Å². The number of nitrogens with one attached hydrogen (secondary N) is 2. The lowest BCUT2D eigenvalue weighted by Crippen LogP contribution is -2.19. The second kappa shape index (κ2) is 12.5. The van der Waals surface area contributed by atoms with Crippen LogP contribution in [0.2, 0.25) is 10.0 Å². The molecule has 13 heteroatoms. The first-order valence-corrected chi connectivity index (χ1v) is 12.8. The summed E-state index contributed by atoms with van der Waals surface area (Å²) in [7, 11) is 0. The summed E-state index contributed by atoms with van der Waals surface area (Å²) in [6.45, 7) is 0.136. The molecular formula is C26H18Cl2F4N4O2S. The Morgan fingerprint density at radius 1 is 1.08 bits per heavy atom. The van der Waals surface area contributed by atoms with E-state index in [2.05, 4.69) is 20.8 Å². The van der Waals surface area contributed by atoms with Crippen LogP contribution in [-0.2, 0) is 24.0 Å². The Hall–Kier alpha value is -3.67. The number of carbonyl (C=O) groups is 1. The Morgan fingerprint density at radius 2 is 1.79 bits per heavy atom. The topological polar surface area (TPSA) is 75.6 Å². The molecule has 1 heterocycles. The van der Waals surface area contributed by atoms with E-state index < -0.39 is 17.6 Å². The molecule has 0 atom stereocenters. The number of anilines is 2. The number of hydrazone groups is 1. The molecule has 39 heavy (non-hydrogen) atoms. The first-order chi connectivity index (χ1) is 18.6. The Bertz CT molecular complexity index is 1470. The van der Waals surface area contributed by atoms with Crippen LogP contribution in [0.15, 0.2) is 71.1 Å². The summed E-state index contributed by atoms with van der Waals surface area (Å²) in [5.41, 5.74) is 3.46. The highest BCUT2D eigenvalue weighted by Gasteiger charge is 2.30.